The van der Waals surface area contributed by atoms with E-state index in [0.717, 1.165) is 16.1 Å². The first-order valence-corrected chi connectivity index (χ1v) is 9.45. The molecule has 2 rings (SSSR count). The molecule has 1 aromatic heterocycles. The minimum absolute atomic E-state index is 0.332. The van der Waals surface area contributed by atoms with Crippen LogP contribution < -0.4 is 4.80 Å². The number of sulfonamides is 1. The molecule has 0 saturated carbocycles. The fourth-order valence-corrected chi connectivity index (χ4v) is 4.68. The van der Waals surface area contributed by atoms with Crippen LogP contribution in [0.15, 0.2) is 39.5 Å². The van der Waals surface area contributed by atoms with Crippen LogP contribution >= 0.6 is 11.3 Å². The second-order valence-corrected chi connectivity index (χ2v) is 7.57. The summed E-state index contributed by atoms with van der Waals surface area (Å²) in [5.74, 6) is 0. The van der Waals surface area contributed by atoms with E-state index in [9.17, 15) is 8.42 Å². The van der Waals surface area contributed by atoms with Gasteiger partial charge in [-0.05, 0) is 17.7 Å². The predicted octanol–water partition coefficient (Wildman–Crippen LogP) is 2.31. The van der Waals surface area contributed by atoms with Gasteiger partial charge < -0.3 is 4.57 Å². The van der Waals surface area contributed by atoms with Crippen molar-refractivity contribution in [3.8, 4) is 11.3 Å². The minimum Gasteiger partial charge on any atom is -0.320 e. The molecule has 0 N–H and O–H groups in total. The highest BCUT2D eigenvalue weighted by Gasteiger charge is 2.21. The first-order valence-electron chi connectivity index (χ1n) is 7.13. The first-order chi connectivity index (χ1) is 10.5. The summed E-state index contributed by atoms with van der Waals surface area (Å²) in [6.45, 7) is 4.63. The van der Waals surface area contributed by atoms with Crippen LogP contribution in [-0.4, -0.2) is 37.4 Å². The number of hydrogen-bond acceptors (Lipinski definition) is 4. The van der Waals surface area contributed by atoms with E-state index in [4.69, 9.17) is 0 Å². The normalized spacial score (nSPS) is 13.0. The zero-order valence-corrected chi connectivity index (χ0v) is 14.9. The molecule has 7 heteroatoms. The molecule has 0 aliphatic carbocycles. The molecule has 0 aliphatic heterocycles. The van der Waals surface area contributed by atoms with Crippen molar-refractivity contribution < 1.29 is 8.42 Å². The highest BCUT2D eigenvalue weighted by Crippen LogP contribution is 2.23. The van der Waals surface area contributed by atoms with Gasteiger partial charge in [0.1, 0.15) is 0 Å². The van der Waals surface area contributed by atoms with Gasteiger partial charge in [0.2, 0.25) is 10.0 Å². The van der Waals surface area contributed by atoms with Crippen LogP contribution in [0.1, 0.15) is 13.8 Å². The zero-order valence-electron chi connectivity index (χ0n) is 13.3. The minimum atomic E-state index is -3.40. The van der Waals surface area contributed by atoms with Crippen molar-refractivity contribution in [2.75, 3.05) is 20.1 Å². The fraction of sp³-hybridized carbons (Fsp3) is 0.400. The zero-order chi connectivity index (χ0) is 16.3. The van der Waals surface area contributed by atoms with Crippen LogP contribution in [0, 0.1) is 0 Å². The van der Waals surface area contributed by atoms with E-state index in [2.05, 4.69) is 4.99 Å². The molecular formula is C15H21N3O2S2. The molecule has 0 atom stereocenters. The Hall–Kier alpha value is -1.44. The maximum atomic E-state index is 12.5. The molecule has 0 radical (unpaired) electrons. The summed E-state index contributed by atoms with van der Waals surface area (Å²) in [6.07, 6.45) is 0. The Kier molecular flexibility index (Phi) is 5.20. The molecule has 0 aliphatic rings. The Morgan fingerprint density at radius 2 is 1.77 bits per heavy atom. The lowest BCUT2D eigenvalue weighted by Crippen LogP contribution is -2.30. The molecule has 0 fully saturated rings. The monoisotopic (exact) mass is 339 g/mol. The largest absolute Gasteiger partial charge is 0.320 e. The standard InChI is InChI=1S/C15H21N3O2S2/c1-5-18(6-2)22(19,20)13-9-7-12(8-10-13)14-11-21-15(16-3)17(14)4/h7-11H,5-6H2,1-4H3. The third-order valence-corrected chi connectivity index (χ3v) is 6.68. The average Bonchev–Trinajstić information content (AvgIpc) is 2.89. The summed E-state index contributed by atoms with van der Waals surface area (Å²) in [5, 5.41) is 2.02. The summed E-state index contributed by atoms with van der Waals surface area (Å²) in [4.78, 5) is 5.45. The Morgan fingerprint density at radius 3 is 2.23 bits per heavy atom. The molecule has 120 valence electrons. The lowest BCUT2D eigenvalue weighted by atomic mass is 10.2. The summed E-state index contributed by atoms with van der Waals surface area (Å²) in [5.41, 5.74) is 2.00. The van der Waals surface area contributed by atoms with E-state index in [1.165, 1.54) is 4.31 Å². The number of benzene rings is 1. The Bertz CT molecular complexity index is 798. The highest BCUT2D eigenvalue weighted by molar-refractivity contribution is 7.89. The van der Waals surface area contributed by atoms with Gasteiger partial charge in [-0.2, -0.15) is 4.31 Å². The van der Waals surface area contributed by atoms with Gasteiger partial charge in [0.15, 0.2) is 4.80 Å². The van der Waals surface area contributed by atoms with Crippen LogP contribution in [0.3, 0.4) is 0 Å². The predicted molar refractivity (Wildman–Crippen MR) is 90.3 cm³/mol. The first kappa shape index (κ1) is 16.9. The molecule has 0 spiro atoms. The van der Waals surface area contributed by atoms with Gasteiger partial charge in [-0.15, -0.1) is 11.3 Å². The smallest absolute Gasteiger partial charge is 0.243 e. The molecular weight excluding hydrogens is 318 g/mol. The van der Waals surface area contributed by atoms with Gasteiger partial charge in [-0.25, -0.2) is 8.42 Å². The van der Waals surface area contributed by atoms with E-state index in [1.807, 2.05) is 43.0 Å². The number of aromatic nitrogens is 1. The topological polar surface area (TPSA) is 54.7 Å². The van der Waals surface area contributed by atoms with Crippen molar-refractivity contribution in [2.45, 2.75) is 18.7 Å². The Balaban J connectivity index is 2.41. The molecule has 5 nitrogen and oxygen atoms in total. The SMILES string of the molecule is CCN(CC)S(=O)(=O)c1ccc(-c2csc(=NC)n2C)cc1. The van der Waals surface area contributed by atoms with Crippen molar-refractivity contribution in [3.05, 3.63) is 34.4 Å². The van der Waals surface area contributed by atoms with Crippen LogP contribution in [0.5, 0.6) is 0 Å². The number of rotatable bonds is 5. The van der Waals surface area contributed by atoms with Crippen LogP contribution in [0.25, 0.3) is 11.3 Å². The molecule has 22 heavy (non-hydrogen) atoms. The Morgan fingerprint density at radius 1 is 1.18 bits per heavy atom. The molecule has 1 heterocycles. The van der Waals surface area contributed by atoms with Crippen molar-refractivity contribution in [1.29, 1.82) is 0 Å². The highest BCUT2D eigenvalue weighted by atomic mass is 32.2. The maximum absolute atomic E-state index is 12.5. The second kappa shape index (κ2) is 6.76. The van der Waals surface area contributed by atoms with E-state index in [0.29, 0.717) is 18.0 Å². The summed E-state index contributed by atoms with van der Waals surface area (Å²) in [7, 11) is 0.313. The van der Waals surface area contributed by atoms with Gasteiger partial charge in [0, 0.05) is 32.6 Å². The van der Waals surface area contributed by atoms with Crippen LogP contribution in [0.4, 0.5) is 0 Å². The van der Waals surface area contributed by atoms with Crippen molar-refractivity contribution in [2.24, 2.45) is 12.0 Å². The van der Waals surface area contributed by atoms with Crippen LogP contribution in [0.2, 0.25) is 0 Å². The van der Waals surface area contributed by atoms with Gasteiger partial charge in [0.25, 0.3) is 0 Å². The third kappa shape index (κ3) is 3.02. The molecule has 0 amide bonds. The van der Waals surface area contributed by atoms with Gasteiger partial charge >= 0.3 is 0 Å². The number of nitrogens with zero attached hydrogens (tertiary/aromatic N) is 3. The molecule has 0 unspecified atom stereocenters. The maximum Gasteiger partial charge on any atom is 0.243 e. The van der Waals surface area contributed by atoms with E-state index in [-0.39, 0.29) is 0 Å². The molecule has 0 saturated heterocycles. The second-order valence-electron chi connectivity index (χ2n) is 4.80. The molecule has 1 aromatic carbocycles. The van der Waals surface area contributed by atoms with Crippen molar-refractivity contribution in [1.82, 2.24) is 8.87 Å². The van der Waals surface area contributed by atoms with Gasteiger partial charge in [-0.1, -0.05) is 26.0 Å². The lowest BCUT2D eigenvalue weighted by molar-refractivity contribution is 0.445. The van der Waals surface area contributed by atoms with E-state index < -0.39 is 10.0 Å². The molecule has 0 bridgehead atoms. The summed E-state index contributed by atoms with van der Waals surface area (Å²) >= 11 is 1.56. The summed E-state index contributed by atoms with van der Waals surface area (Å²) in [6, 6.07) is 7.03. The summed E-state index contributed by atoms with van der Waals surface area (Å²) < 4.78 is 28.4. The average molecular weight is 339 g/mol. The van der Waals surface area contributed by atoms with Gasteiger partial charge in [0.05, 0.1) is 10.6 Å². The van der Waals surface area contributed by atoms with Gasteiger partial charge in [-0.3, -0.25) is 4.99 Å². The van der Waals surface area contributed by atoms with E-state index in [1.54, 1.807) is 30.5 Å². The third-order valence-electron chi connectivity index (χ3n) is 3.61. The lowest BCUT2D eigenvalue weighted by Gasteiger charge is -2.18. The van der Waals surface area contributed by atoms with Crippen molar-refractivity contribution >= 4 is 21.4 Å². The number of hydrogen-bond donors (Lipinski definition) is 0. The van der Waals surface area contributed by atoms with Crippen molar-refractivity contribution in [3.63, 3.8) is 0 Å². The molecule has 2 aromatic rings. The number of thiazole rings is 1. The van der Waals surface area contributed by atoms with Crippen LogP contribution in [-0.2, 0) is 17.1 Å². The Labute approximate surface area is 135 Å². The fourth-order valence-electron chi connectivity index (χ4n) is 2.34. The van der Waals surface area contributed by atoms with E-state index >= 15 is 0 Å². The quantitative estimate of drug-likeness (QED) is 0.839.